The number of aryl methyl sites for hydroxylation is 1. The molecule has 8 heteroatoms. The average molecular weight is 418 g/mol. The molecular formula is C22H30N2O6. The summed E-state index contributed by atoms with van der Waals surface area (Å²) in [5, 5.41) is 8.31. The highest BCUT2D eigenvalue weighted by Crippen LogP contribution is 2.24. The highest BCUT2D eigenvalue weighted by atomic mass is 16.5. The molecule has 3 N–H and O–H groups in total. The Morgan fingerprint density at radius 3 is 2.50 bits per heavy atom. The SMILES string of the molecule is CC(=O)O.CCc1cc(=O)oc2cc(OC(C)C(=O)N3CCC(CN)CC3)ccc12. The predicted octanol–water partition coefficient (Wildman–Crippen LogP) is 2.41. The summed E-state index contributed by atoms with van der Waals surface area (Å²) in [5.41, 5.74) is 6.75. The highest BCUT2D eigenvalue weighted by molar-refractivity contribution is 5.83. The van der Waals surface area contributed by atoms with Gasteiger partial charge < -0.3 is 24.9 Å². The summed E-state index contributed by atoms with van der Waals surface area (Å²) in [4.78, 5) is 35.1. The molecule has 0 aliphatic carbocycles. The van der Waals surface area contributed by atoms with Crippen molar-refractivity contribution in [3.8, 4) is 5.75 Å². The first-order valence-corrected chi connectivity index (χ1v) is 10.2. The molecule has 1 aliphatic heterocycles. The van der Waals surface area contributed by atoms with E-state index >= 15 is 0 Å². The minimum Gasteiger partial charge on any atom is -0.481 e. The van der Waals surface area contributed by atoms with Crippen molar-refractivity contribution >= 4 is 22.8 Å². The normalized spacial score (nSPS) is 15.3. The van der Waals surface area contributed by atoms with E-state index in [4.69, 9.17) is 24.8 Å². The highest BCUT2D eigenvalue weighted by Gasteiger charge is 2.26. The molecule has 30 heavy (non-hydrogen) atoms. The van der Waals surface area contributed by atoms with Gasteiger partial charge in [-0.3, -0.25) is 9.59 Å². The van der Waals surface area contributed by atoms with Gasteiger partial charge >= 0.3 is 5.63 Å². The van der Waals surface area contributed by atoms with E-state index in [-0.39, 0.29) is 11.5 Å². The Bertz CT molecular complexity index is 927. The number of fused-ring (bicyclic) bond motifs is 1. The maximum absolute atomic E-state index is 12.6. The number of amides is 1. The molecule has 0 saturated carbocycles. The monoisotopic (exact) mass is 418 g/mol. The number of likely N-dealkylation sites (tertiary alicyclic amines) is 1. The van der Waals surface area contributed by atoms with Gasteiger partial charge in [-0.15, -0.1) is 0 Å². The summed E-state index contributed by atoms with van der Waals surface area (Å²) in [5.74, 6) is 0.169. The van der Waals surface area contributed by atoms with Gasteiger partial charge in [0.25, 0.3) is 11.9 Å². The van der Waals surface area contributed by atoms with Crippen molar-refractivity contribution in [1.29, 1.82) is 0 Å². The van der Waals surface area contributed by atoms with Crippen LogP contribution in [-0.4, -0.2) is 47.6 Å². The molecule has 3 rings (SSSR count). The van der Waals surface area contributed by atoms with Crippen molar-refractivity contribution in [3.05, 3.63) is 40.2 Å². The van der Waals surface area contributed by atoms with Crippen molar-refractivity contribution < 1.29 is 23.8 Å². The number of carboxylic acids is 1. The molecule has 0 spiro atoms. The summed E-state index contributed by atoms with van der Waals surface area (Å²) in [6.07, 6.45) is 2.03. The second kappa shape index (κ2) is 10.8. The van der Waals surface area contributed by atoms with Gasteiger partial charge in [0, 0.05) is 37.5 Å². The Kier molecular flexibility index (Phi) is 8.41. The number of carboxylic acid groups (broad SMARTS) is 1. The fourth-order valence-electron chi connectivity index (χ4n) is 3.48. The number of piperidine rings is 1. The summed E-state index contributed by atoms with van der Waals surface area (Å²) in [6.45, 7) is 6.95. The number of hydrogen-bond acceptors (Lipinski definition) is 6. The fraction of sp³-hybridized carbons (Fsp3) is 0.500. The van der Waals surface area contributed by atoms with Crippen LogP contribution in [-0.2, 0) is 16.0 Å². The first-order chi connectivity index (χ1) is 14.2. The summed E-state index contributed by atoms with van der Waals surface area (Å²) in [7, 11) is 0. The van der Waals surface area contributed by atoms with Crippen LogP contribution in [0.15, 0.2) is 33.5 Å². The summed E-state index contributed by atoms with van der Waals surface area (Å²) in [6, 6.07) is 6.88. The van der Waals surface area contributed by atoms with Gasteiger partial charge in [0.15, 0.2) is 6.10 Å². The minimum absolute atomic E-state index is 0.0238. The largest absolute Gasteiger partial charge is 0.481 e. The first-order valence-electron chi connectivity index (χ1n) is 10.2. The Morgan fingerprint density at radius 1 is 1.30 bits per heavy atom. The zero-order chi connectivity index (χ0) is 22.3. The maximum Gasteiger partial charge on any atom is 0.336 e. The molecule has 164 valence electrons. The predicted molar refractivity (Wildman–Crippen MR) is 114 cm³/mol. The molecule has 1 aromatic heterocycles. The third-order valence-corrected chi connectivity index (χ3v) is 5.10. The Hall–Kier alpha value is -2.87. The third-order valence-electron chi connectivity index (χ3n) is 5.10. The molecule has 1 unspecified atom stereocenters. The Morgan fingerprint density at radius 2 is 1.93 bits per heavy atom. The van der Waals surface area contributed by atoms with E-state index in [1.807, 2.05) is 24.0 Å². The Balaban J connectivity index is 0.000000735. The van der Waals surface area contributed by atoms with Crippen LogP contribution in [0.25, 0.3) is 11.0 Å². The number of rotatable bonds is 5. The van der Waals surface area contributed by atoms with Gasteiger partial charge in [-0.1, -0.05) is 6.92 Å². The molecule has 1 amide bonds. The van der Waals surface area contributed by atoms with Gasteiger partial charge in [-0.05, 0) is 56.3 Å². The molecule has 2 heterocycles. The first kappa shape index (κ1) is 23.4. The topological polar surface area (TPSA) is 123 Å². The van der Waals surface area contributed by atoms with E-state index in [0.717, 1.165) is 50.2 Å². The number of nitrogens with zero attached hydrogens (tertiary/aromatic N) is 1. The van der Waals surface area contributed by atoms with Crippen molar-refractivity contribution in [1.82, 2.24) is 4.90 Å². The van der Waals surface area contributed by atoms with E-state index in [1.54, 1.807) is 13.0 Å². The van der Waals surface area contributed by atoms with Crippen molar-refractivity contribution in [2.75, 3.05) is 19.6 Å². The number of hydrogen-bond donors (Lipinski definition) is 2. The zero-order valence-electron chi connectivity index (χ0n) is 17.7. The van der Waals surface area contributed by atoms with Gasteiger partial charge in [0.1, 0.15) is 11.3 Å². The van der Waals surface area contributed by atoms with Gasteiger partial charge in [0.2, 0.25) is 0 Å². The van der Waals surface area contributed by atoms with Crippen molar-refractivity contribution in [2.45, 2.75) is 46.1 Å². The number of benzene rings is 1. The molecule has 1 saturated heterocycles. The number of carbonyl (C=O) groups is 2. The lowest BCUT2D eigenvalue weighted by Gasteiger charge is -2.33. The lowest BCUT2D eigenvalue weighted by atomic mass is 9.97. The van der Waals surface area contributed by atoms with E-state index < -0.39 is 12.1 Å². The quantitative estimate of drug-likeness (QED) is 0.715. The maximum atomic E-state index is 12.6. The van der Waals surface area contributed by atoms with Crippen LogP contribution >= 0.6 is 0 Å². The Labute approximate surface area is 175 Å². The molecule has 2 aromatic rings. The van der Waals surface area contributed by atoms with Crippen molar-refractivity contribution in [2.24, 2.45) is 11.7 Å². The fourth-order valence-corrected chi connectivity index (χ4v) is 3.48. The molecule has 0 bridgehead atoms. The second-order valence-electron chi connectivity index (χ2n) is 7.39. The minimum atomic E-state index is -0.833. The van der Waals surface area contributed by atoms with Gasteiger partial charge in [0.05, 0.1) is 0 Å². The summed E-state index contributed by atoms with van der Waals surface area (Å²) >= 11 is 0. The number of aliphatic carboxylic acids is 1. The zero-order valence-corrected chi connectivity index (χ0v) is 17.7. The molecule has 8 nitrogen and oxygen atoms in total. The van der Waals surface area contributed by atoms with E-state index in [9.17, 15) is 9.59 Å². The van der Waals surface area contributed by atoms with Crippen LogP contribution in [0.2, 0.25) is 0 Å². The average Bonchev–Trinajstić information content (AvgIpc) is 2.71. The smallest absolute Gasteiger partial charge is 0.336 e. The van der Waals surface area contributed by atoms with E-state index in [1.165, 1.54) is 6.07 Å². The molecule has 0 radical (unpaired) electrons. The molecule has 1 fully saturated rings. The van der Waals surface area contributed by atoms with Gasteiger partial charge in [-0.25, -0.2) is 4.79 Å². The van der Waals surface area contributed by atoms with Crippen LogP contribution in [0.1, 0.15) is 39.2 Å². The summed E-state index contributed by atoms with van der Waals surface area (Å²) < 4.78 is 11.1. The lowest BCUT2D eigenvalue weighted by molar-refractivity contribution is -0.139. The molecule has 1 aromatic carbocycles. The lowest BCUT2D eigenvalue weighted by Crippen LogP contribution is -2.45. The number of carbonyl (C=O) groups excluding carboxylic acids is 1. The van der Waals surface area contributed by atoms with Crippen molar-refractivity contribution in [3.63, 3.8) is 0 Å². The third kappa shape index (κ3) is 6.32. The van der Waals surface area contributed by atoms with E-state index in [2.05, 4.69) is 0 Å². The molecular weight excluding hydrogens is 388 g/mol. The van der Waals surface area contributed by atoms with Crippen LogP contribution in [0, 0.1) is 5.92 Å². The number of nitrogens with two attached hydrogens (primary N) is 1. The van der Waals surface area contributed by atoms with Crippen LogP contribution in [0.3, 0.4) is 0 Å². The van der Waals surface area contributed by atoms with E-state index in [0.29, 0.717) is 23.8 Å². The molecule has 1 aliphatic rings. The van der Waals surface area contributed by atoms with Crippen LogP contribution < -0.4 is 16.1 Å². The number of ether oxygens (including phenoxy) is 1. The second-order valence-corrected chi connectivity index (χ2v) is 7.39. The van der Waals surface area contributed by atoms with Gasteiger partial charge in [-0.2, -0.15) is 0 Å². The van der Waals surface area contributed by atoms with Crippen LogP contribution in [0.4, 0.5) is 0 Å². The molecule has 1 atom stereocenters. The van der Waals surface area contributed by atoms with Crippen LogP contribution in [0.5, 0.6) is 5.75 Å². The standard InChI is InChI=1S/C20H26N2O4.C2H4O2/c1-3-15-10-19(23)26-18-11-16(4-5-17(15)18)25-13(2)20(24)22-8-6-14(12-21)7-9-22;1-2(3)4/h4-5,10-11,13-14H,3,6-9,12,21H2,1-2H3;1H3,(H,3,4).